The summed E-state index contributed by atoms with van der Waals surface area (Å²) in [7, 11) is 0. The molecule has 0 radical (unpaired) electrons. The van der Waals surface area contributed by atoms with Crippen LogP contribution < -0.4 is 25.9 Å². The molecule has 23 nitrogen and oxygen atoms in total. The van der Waals surface area contributed by atoms with E-state index < -0.39 is 117 Å². The summed E-state index contributed by atoms with van der Waals surface area (Å²) >= 11 is -0.378. The van der Waals surface area contributed by atoms with Crippen LogP contribution in [0.4, 0.5) is 0 Å². The molecule has 7 fully saturated rings. The number of aliphatic hydroxyl groups is 1. The summed E-state index contributed by atoms with van der Waals surface area (Å²) in [6.07, 6.45) is 4.76. The van der Waals surface area contributed by atoms with Gasteiger partial charge in [0.15, 0.2) is 40.2 Å². The smallest absolute Gasteiger partial charge is 0.357 e. The third kappa shape index (κ3) is 19.8. The van der Waals surface area contributed by atoms with Gasteiger partial charge in [0.25, 0.3) is 0 Å². The highest BCUT2D eigenvalue weighted by Crippen LogP contribution is 2.41. The van der Waals surface area contributed by atoms with Crippen LogP contribution in [0, 0.1) is 49.6 Å². The molecule has 0 bridgehead atoms. The second-order valence-electron chi connectivity index (χ2n) is 22.5. The summed E-state index contributed by atoms with van der Waals surface area (Å²) in [6.45, 7) is -2.15. The van der Waals surface area contributed by atoms with Gasteiger partial charge in [0.2, 0.25) is 0 Å². The van der Waals surface area contributed by atoms with Crippen molar-refractivity contribution in [1.29, 1.82) is 0 Å². The minimum Gasteiger partial charge on any atom is -0.482 e. The third-order valence-corrected chi connectivity index (χ3v) is 18.7. The molecule has 3 aliphatic heterocycles. The molecule has 0 aromatic heterocycles. The minimum atomic E-state index is -1.97. The summed E-state index contributed by atoms with van der Waals surface area (Å²) in [5.41, 5.74) is 1.20. The van der Waals surface area contributed by atoms with Crippen LogP contribution in [0.3, 0.4) is 0 Å². The summed E-state index contributed by atoms with van der Waals surface area (Å²) in [4.78, 5) is 119. The highest BCUT2D eigenvalue weighted by molar-refractivity contribution is 5.90. The Bertz CT molecular complexity index is 2610. The Hall–Kier alpha value is -5.96. The maximum Gasteiger partial charge on any atom is 0.357 e. The lowest BCUT2D eigenvalue weighted by molar-refractivity contribution is -0.597. The summed E-state index contributed by atoms with van der Waals surface area (Å²) < 4.78 is 72.5. The molecule has 3 saturated heterocycles. The quantitative estimate of drug-likeness (QED) is 0.0506. The zero-order chi connectivity index (χ0) is 58.4. The molecule has 9 rings (SSSR count). The molecule has 2 aromatic rings. The van der Waals surface area contributed by atoms with Gasteiger partial charge in [0, 0.05) is 0 Å². The number of halogens is 1. The van der Waals surface area contributed by atoms with Crippen LogP contribution in [0.2, 0.25) is 0 Å². The predicted octanol–water partition coefficient (Wildman–Crippen LogP) is 0.636. The number of aliphatic hydroxyl groups excluding tert-OH is 1. The second-order valence-corrected chi connectivity index (χ2v) is 25.5. The largest absolute Gasteiger partial charge is 0.482 e. The van der Waals surface area contributed by atoms with Crippen molar-refractivity contribution in [2.75, 3.05) is 59.5 Å². The number of aryl methyl sites for hydroxylation is 1. The van der Waals surface area contributed by atoms with Crippen LogP contribution in [0.15, 0.2) is 48.5 Å². The highest BCUT2D eigenvalue weighted by Gasteiger charge is 2.47. The SMILES string of the molecule is Cc1ccc([I+]c2ccc(OCC(=O)OC3CCC(COC(=O)COC(=O)CC(C(=O)OCC(=O)OCC4CCC5OC5C4)C(CC(=O)OCC(=O)OCC4CCC5OC5C4)C(=O)OCC(=O)OCC4CCC5OC5C4)CC3O)cc2)cc1. The first-order valence-electron chi connectivity index (χ1n) is 28.6. The van der Waals surface area contributed by atoms with E-state index in [0.717, 1.165) is 44.9 Å². The number of fused-ring (bicyclic) bond motifs is 3. The molecule has 83 heavy (non-hydrogen) atoms. The number of carbonyl (C=O) groups is 9. The number of hydrogen-bond donors (Lipinski definition) is 1. The van der Waals surface area contributed by atoms with Crippen molar-refractivity contribution in [3.8, 4) is 5.75 Å². The first-order chi connectivity index (χ1) is 40.0. The Balaban J connectivity index is 0.753. The van der Waals surface area contributed by atoms with Crippen LogP contribution in [0.5, 0.6) is 5.75 Å². The third-order valence-electron chi connectivity index (χ3n) is 16.0. The van der Waals surface area contributed by atoms with Gasteiger partial charge >= 0.3 is 74.9 Å². The average molecular weight is 1280 g/mol. The number of ether oxygens (including phenoxy) is 13. The normalized spacial score (nSPS) is 27.8. The van der Waals surface area contributed by atoms with Gasteiger partial charge in [0.1, 0.15) is 11.9 Å². The van der Waals surface area contributed by atoms with Gasteiger partial charge in [-0.25, -0.2) is 24.0 Å². The van der Waals surface area contributed by atoms with E-state index in [1.165, 1.54) is 12.7 Å². The Morgan fingerprint density at radius 2 is 0.831 bits per heavy atom. The van der Waals surface area contributed by atoms with Crippen molar-refractivity contribution in [1.82, 2.24) is 0 Å². The van der Waals surface area contributed by atoms with Gasteiger partial charge in [0.05, 0.1) is 93.8 Å². The molecule has 0 amide bonds. The fourth-order valence-electron chi connectivity index (χ4n) is 11.1. The monoisotopic (exact) mass is 1280 g/mol. The van der Waals surface area contributed by atoms with E-state index in [4.69, 9.17) is 61.6 Å². The van der Waals surface area contributed by atoms with Crippen molar-refractivity contribution in [3.05, 3.63) is 61.2 Å². The fraction of sp³-hybridized carbons (Fsp3) is 0.644. The number of benzene rings is 2. The highest BCUT2D eigenvalue weighted by atomic mass is 127. The van der Waals surface area contributed by atoms with E-state index in [9.17, 15) is 48.3 Å². The molecule has 0 spiro atoms. The van der Waals surface area contributed by atoms with Crippen LogP contribution in [-0.2, 0) is 100.0 Å². The Labute approximate surface area is 490 Å². The van der Waals surface area contributed by atoms with E-state index in [1.54, 1.807) is 12.1 Å². The Kier molecular flexibility index (Phi) is 22.1. The summed E-state index contributed by atoms with van der Waals surface area (Å²) in [6, 6.07) is 15.9. The molecule has 24 heteroatoms. The van der Waals surface area contributed by atoms with Gasteiger partial charge in [-0.05, 0) is 144 Å². The molecular weight excluding hydrogens is 1200 g/mol. The lowest BCUT2D eigenvalue weighted by atomic mass is 9.86. The molecular formula is C59H72IO23+. The molecule has 2 aromatic carbocycles. The maximum absolute atomic E-state index is 14.0. The predicted molar refractivity (Wildman–Crippen MR) is 276 cm³/mol. The zero-order valence-corrected chi connectivity index (χ0v) is 48.4. The summed E-state index contributed by atoms with van der Waals surface area (Å²) in [5, 5.41) is 10.9. The lowest BCUT2D eigenvalue weighted by Gasteiger charge is -2.32. The molecule has 4 aliphatic carbocycles. The van der Waals surface area contributed by atoms with Crippen LogP contribution in [0.1, 0.15) is 95.5 Å². The van der Waals surface area contributed by atoms with Crippen LogP contribution in [0.25, 0.3) is 0 Å². The van der Waals surface area contributed by atoms with E-state index >= 15 is 0 Å². The zero-order valence-electron chi connectivity index (χ0n) is 46.3. The first kappa shape index (κ1) is 61.6. The Morgan fingerprint density at radius 1 is 0.446 bits per heavy atom. The van der Waals surface area contributed by atoms with E-state index in [2.05, 4.69) is 24.3 Å². The van der Waals surface area contributed by atoms with Crippen molar-refractivity contribution in [3.63, 3.8) is 0 Å². The maximum atomic E-state index is 14.0. The van der Waals surface area contributed by atoms with Crippen LogP contribution >= 0.6 is 0 Å². The Morgan fingerprint density at radius 3 is 1.24 bits per heavy atom. The van der Waals surface area contributed by atoms with Crippen molar-refractivity contribution < 1.29 is 131 Å². The number of esters is 9. The van der Waals surface area contributed by atoms with Crippen molar-refractivity contribution >= 4 is 53.7 Å². The molecule has 3 heterocycles. The fourth-order valence-corrected chi connectivity index (χ4v) is 13.2. The molecule has 7 aliphatic rings. The minimum absolute atomic E-state index is 0.0206. The van der Waals surface area contributed by atoms with E-state index in [-0.39, 0.29) is 127 Å². The molecule has 14 atom stereocenters. The van der Waals surface area contributed by atoms with Gasteiger partial charge in [-0.3, -0.25) is 19.2 Å². The van der Waals surface area contributed by atoms with Crippen molar-refractivity contribution in [2.24, 2.45) is 35.5 Å². The number of epoxide rings is 3. The molecule has 4 saturated carbocycles. The topological polar surface area (TPSA) is 304 Å². The van der Waals surface area contributed by atoms with E-state index in [0.29, 0.717) is 25.0 Å². The number of hydrogen-bond acceptors (Lipinski definition) is 23. The van der Waals surface area contributed by atoms with Gasteiger partial charge in [-0.2, -0.15) is 0 Å². The van der Waals surface area contributed by atoms with Crippen molar-refractivity contribution in [2.45, 2.75) is 146 Å². The molecule has 1 N–H and O–H groups in total. The second kappa shape index (κ2) is 29.7. The van der Waals surface area contributed by atoms with Gasteiger partial charge in [-0.15, -0.1) is 0 Å². The standard InChI is InChI=1S/C59H72IO23/c1-33-2-8-38(9-3-33)60-39-10-12-40(13-11-39)71-32-57(68)83-44-14-4-34(18-43(44)61)24-72-53(64)28-76-51(62)22-41(58(69)78-30-55(66)74-26-36-6-16-46-49(20-36)81-46)42(59(70)79-31-56(67)75-27-37-7-17-47-50(21-37)82-47)23-52(63)77-29-54(65)73-25-35-5-15-45-48(19-35)80-45/h2-3,8-13,34-37,41-50,61H,4-7,14-32H2,1H3/q+1. The lowest BCUT2D eigenvalue weighted by Crippen LogP contribution is -3.61. The van der Waals surface area contributed by atoms with Gasteiger partial charge in [-0.1, -0.05) is 17.7 Å². The number of rotatable bonds is 29. The van der Waals surface area contributed by atoms with Crippen LogP contribution in [-0.4, -0.2) is 167 Å². The summed E-state index contributed by atoms with van der Waals surface area (Å²) in [5.74, 6) is -13.3. The van der Waals surface area contributed by atoms with E-state index in [1.807, 2.05) is 19.1 Å². The molecule has 452 valence electrons. The first-order valence-corrected chi connectivity index (χ1v) is 30.8. The number of carbonyl (C=O) groups excluding carboxylic acids is 9. The van der Waals surface area contributed by atoms with Gasteiger partial charge < -0.3 is 66.7 Å². The average Bonchev–Trinajstić information content (AvgIpc) is 4.61. The molecule has 14 unspecified atom stereocenters.